The second-order valence-electron chi connectivity index (χ2n) is 3.92. The molecule has 0 radical (unpaired) electrons. The van der Waals surface area contributed by atoms with E-state index in [1.807, 2.05) is 26.0 Å². The summed E-state index contributed by atoms with van der Waals surface area (Å²) in [4.78, 5) is 4.26. The van der Waals surface area contributed by atoms with E-state index in [-0.39, 0.29) is 6.10 Å². The molecule has 1 heterocycles. The van der Waals surface area contributed by atoms with Crippen molar-refractivity contribution < 1.29 is 9.47 Å². The van der Waals surface area contributed by atoms with Crippen LogP contribution in [0.4, 0.5) is 0 Å². The molecule has 1 aliphatic carbocycles. The molecule has 3 nitrogen and oxygen atoms in total. The molecule has 0 aromatic carbocycles. The molecule has 0 spiro atoms. The molecule has 0 unspecified atom stereocenters. The molecule has 0 bridgehead atoms. The molecule has 1 aliphatic rings. The van der Waals surface area contributed by atoms with E-state index in [1.54, 1.807) is 0 Å². The van der Waals surface area contributed by atoms with Crippen LogP contribution in [-0.2, 0) is 0 Å². The molecule has 1 fully saturated rings. The molecule has 82 valence electrons. The van der Waals surface area contributed by atoms with Crippen molar-refractivity contribution in [3.05, 3.63) is 16.7 Å². The van der Waals surface area contributed by atoms with Gasteiger partial charge in [-0.1, -0.05) is 0 Å². The average molecular weight is 272 g/mol. The predicted molar refractivity (Wildman–Crippen MR) is 61.4 cm³/mol. The van der Waals surface area contributed by atoms with E-state index in [1.165, 1.54) is 0 Å². The Bertz CT molecular complexity index is 350. The molecule has 2 rings (SSSR count). The highest BCUT2D eigenvalue weighted by Crippen LogP contribution is 2.33. The molecule has 4 heteroatoms. The molecule has 1 saturated carbocycles. The van der Waals surface area contributed by atoms with Gasteiger partial charge in [-0.3, -0.25) is 0 Å². The highest BCUT2D eigenvalue weighted by molar-refractivity contribution is 9.10. The number of hydrogen-bond donors (Lipinski definition) is 0. The van der Waals surface area contributed by atoms with E-state index < -0.39 is 0 Å². The smallest absolute Gasteiger partial charge is 0.258 e. The first-order valence-corrected chi connectivity index (χ1v) is 5.94. The van der Waals surface area contributed by atoms with Crippen LogP contribution in [-0.4, -0.2) is 17.2 Å². The molecule has 15 heavy (non-hydrogen) atoms. The molecule has 1 aromatic rings. The summed E-state index contributed by atoms with van der Waals surface area (Å²) in [5.74, 6) is 1.32. The van der Waals surface area contributed by atoms with Crippen molar-refractivity contribution in [3.8, 4) is 11.6 Å². The second kappa shape index (κ2) is 4.39. The van der Waals surface area contributed by atoms with Crippen LogP contribution in [0.5, 0.6) is 11.6 Å². The molecular weight excluding hydrogens is 258 g/mol. The van der Waals surface area contributed by atoms with Crippen LogP contribution in [0.25, 0.3) is 0 Å². The SMILES string of the molecule is CC(C)Oc1nc(Br)ccc1OC1CC1. The third-order valence-corrected chi connectivity index (χ3v) is 2.40. The molecule has 0 saturated heterocycles. The number of pyridine rings is 1. The zero-order valence-electron chi connectivity index (χ0n) is 8.87. The lowest BCUT2D eigenvalue weighted by atomic mass is 10.4. The Kier molecular flexibility index (Phi) is 3.14. The van der Waals surface area contributed by atoms with E-state index in [9.17, 15) is 0 Å². The van der Waals surface area contributed by atoms with Gasteiger partial charge in [0, 0.05) is 0 Å². The van der Waals surface area contributed by atoms with Gasteiger partial charge in [-0.15, -0.1) is 0 Å². The minimum Gasteiger partial charge on any atom is -0.485 e. The van der Waals surface area contributed by atoms with Crippen molar-refractivity contribution in [2.45, 2.75) is 38.9 Å². The lowest BCUT2D eigenvalue weighted by molar-refractivity contribution is 0.208. The molecule has 0 aliphatic heterocycles. The number of aromatic nitrogens is 1. The monoisotopic (exact) mass is 271 g/mol. The highest BCUT2D eigenvalue weighted by atomic mass is 79.9. The van der Waals surface area contributed by atoms with Crippen molar-refractivity contribution in [3.63, 3.8) is 0 Å². The summed E-state index contributed by atoms with van der Waals surface area (Å²) >= 11 is 3.32. The lowest BCUT2D eigenvalue weighted by Gasteiger charge is -2.13. The van der Waals surface area contributed by atoms with Gasteiger partial charge in [-0.05, 0) is 54.8 Å². The standard InChI is InChI=1S/C11H14BrNO2/c1-7(2)14-11-9(15-8-3-4-8)5-6-10(12)13-11/h5-8H,3-4H2,1-2H3. The van der Waals surface area contributed by atoms with Gasteiger partial charge in [0.05, 0.1) is 12.2 Å². The lowest BCUT2D eigenvalue weighted by Crippen LogP contribution is -2.09. The summed E-state index contributed by atoms with van der Waals surface area (Å²) < 4.78 is 12.1. The van der Waals surface area contributed by atoms with Crippen molar-refractivity contribution in [1.82, 2.24) is 4.98 Å². The Morgan fingerprint density at radius 1 is 1.40 bits per heavy atom. The topological polar surface area (TPSA) is 31.4 Å². The fourth-order valence-electron chi connectivity index (χ4n) is 1.17. The van der Waals surface area contributed by atoms with Crippen LogP contribution < -0.4 is 9.47 Å². The quantitative estimate of drug-likeness (QED) is 0.789. The normalized spacial score (nSPS) is 15.5. The highest BCUT2D eigenvalue weighted by Gasteiger charge is 2.25. The molecule has 0 amide bonds. The largest absolute Gasteiger partial charge is 0.485 e. The van der Waals surface area contributed by atoms with Gasteiger partial charge in [0.1, 0.15) is 4.60 Å². The van der Waals surface area contributed by atoms with Gasteiger partial charge in [-0.2, -0.15) is 0 Å². The van der Waals surface area contributed by atoms with Crippen molar-refractivity contribution in [2.24, 2.45) is 0 Å². The first-order valence-electron chi connectivity index (χ1n) is 5.15. The van der Waals surface area contributed by atoms with Crippen molar-refractivity contribution in [1.29, 1.82) is 0 Å². The minimum absolute atomic E-state index is 0.105. The van der Waals surface area contributed by atoms with Gasteiger partial charge in [0.15, 0.2) is 5.75 Å². The van der Waals surface area contributed by atoms with Crippen LogP contribution in [0.3, 0.4) is 0 Å². The zero-order valence-corrected chi connectivity index (χ0v) is 10.5. The predicted octanol–water partition coefficient (Wildman–Crippen LogP) is 3.17. The Morgan fingerprint density at radius 3 is 2.73 bits per heavy atom. The second-order valence-corrected chi connectivity index (χ2v) is 4.73. The van der Waals surface area contributed by atoms with Gasteiger partial charge < -0.3 is 9.47 Å². The van der Waals surface area contributed by atoms with Gasteiger partial charge in [-0.25, -0.2) is 4.98 Å². The van der Waals surface area contributed by atoms with E-state index >= 15 is 0 Å². The first-order chi connectivity index (χ1) is 7.15. The maximum atomic E-state index is 5.70. The summed E-state index contributed by atoms with van der Waals surface area (Å²) in [6.45, 7) is 3.95. The summed E-state index contributed by atoms with van der Waals surface area (Å²) in [7, 11) is 0. The Hall–Kier alpha value is -0.770. The Morgan fingerprint density at radius 2 is 2.13 bits per heavy atom. The van der Waals surface area contributed by atoms with E-state index in [0.29, 0.717) is 12.0 Å². The summed E-state index contributed by atoms with van der Waals surface area (Å²) in [5.41, 5.74) is 0. The first kappa shape index (κ1) is 10.7. The van der Waals surface area contributed by atoms with E-state index in [2.05, 4.69) is 20.9 Å². The van der Waals surface area contributed by atoms with Crippen LogP contribution in [0, 0.1) is 0 Å². The number of hydrogen-bond acceptors (Lipinski definition) is 3. The fourth-order valence-corrected chi connectivity index (χ4v) is 1.46. The maximum Gasteiger partial charge on any atom is 0.258 e. The van der Waals surface area contributed by atoms with E-state index in [0.717, 1.165) is 23.2 Å². The summed E-state index contributed by atoms with van der Waals surface area (Å²) in [6, 6.07) is 3.76. The third-order valence-electron chi connectivity index (χ3n) is 1.96. The van der Waals surface area contributed by atoms with Gasteiger partial charge >= 0.3 is 0 Å². The molecule has 0 N–H and O–H groups in total. The maximum absolute atomic E-state index is 5.70. The van der Waals surface area contributed by atoms with Crippen LogP contribution in [0.2, 0.25) is 0 Å². The number of rotatable bonds is 4. The Labute approximate surface area is 97.9 Å². The molecular formula is C11H14BrNO2. The number of ether oxygens (including phenoxy) is 2. The summed E-state index contributed by atoms with van der Waals surface area (Å²) in [5, 5.41) is 0. The number of halogens is 1. The van der Waals surface area contributed by atoms with Gasteiger partial charge in [0.25, 0.3) is 5.88 Å². The minimum atomic E-state index is 0.105. The molecule has 1 aromatic heterocycles. The van der Waals surface area contributed by atoms with Crippen LogP contribution in [0.1, 0.15) is 26.7 Å². The molecule has 0 atom stereocenters. The fraction of sp³-hybridized carbons (Fsp3) is 0.545. The third kappa shape index (κ3) is 3.09. The van der Waals surface area contributed by atoms with E-state index in [4.69, 9.17) is 9.47 Å². The van der Waals surface area contributed by atoms with Crippen LogP contribution in [0.15, 0.2) is 16.7 Å². The Balaban J connectivity index is 2.17. The summed E-state index contributed by atoms with van der Waals surface area (Å²) in [6.07, 6.45) is 2.74. The average Bonchev–Trinajstić information content (AvgIpc) is 2.92. The van der Waals surface area contributed by atoms with Gasteiger partial charge in [0.2, 0.25) is 0 Å². The van der Waals surface area contributed by atoms with Crippen molar-refractivity contribution >= 4 is 15.9 Å². The zero-order chi connectivity index (χ0) is 10.8. The number of nitrogens with zero attached hydrogens (tertiary/aromatic N) is 1. The van der Waals surface area contributed by atoms with Crippen LogP contribution >= 0.6 is 15.9 Å². The van der Waals surface area contributed by atoms with Crippen molar-refractivity contribution in [2.75, 3.05) is 0 Å².